The Bertz CT molecular complexity index is 736. The standard InChI is InChI=1S/C17H18N4O4/c18-16(22)11-1-3-13(4-2-11)25-15-10-24-8-6-14(15)21-17(23)12-5-7-19-20-9-12/h1-5,7,9,14-15H,6,8,10H2,(H2,18,22)(H,21,23)/t14-,15-/m1/s1. The second-order valence-corrected chi connectivity index (χ2v) is 5.62. The van der Waals surface area contributed by atoms with Gasteiger partial charge in [0.25, 0.3) is 5.91 Å². The minimum Gasteiger partial charge on any atom is -0.486 e. The maximum atomic E-state index is 12.3. The molecular weight excluding hydrogens is 324 g/mol. The number of primary amides is 1. The lowest BCUT2D eigenvalue weighted by Gasteiger charge is -2.32. The Labute approximate surface area is 144 Å². The molecule has 1 aromatic carbocycles. The van der Waals surface area contributed by atoms with Crippen molar-refractivity contribution in [1.82, 2.24) is 15.5 Å². The molecule has 1 aliphatic rings. The summed E-state index contributed by atoms with van der Waals surface area (Å²) in [5, 5.41) is 10.3. The monoisotopic (exact) mass is 342 g/mol. The molecule has 0 spiro atoms. The number of carbonyl (C=O) groups excluding carboxylic acids is 2. The van der Waals surface area contributed by atoms with Crippen molar-refractivity contribution in [1.29, 1.82) is 0 Å². The summed E-state index contributed by atoms with van der Waals surface area (Å²) in [4.78, 5) is 23.4. The third kappa shape index (κ3) is 4.30. The molecule has 0 bridgehead atoms. The topological polar surface area (TPSA) is 116 Å². The SMILES string of the molecule is NC(=O)c1ccc(O[C@@H]2COCC[C@H]2NC(=O)c2ccnnc2)cc1. The van der Waals surface area contributed by atoms with Crippen LogP contribution in [0.5, 0.6) is 5.75 Å². The summed E-state index contributed by atoms with van der Waals surface area (Å²) in [7, 11) is 0. The van der Waals surface area contributed by atoms with E-state index in [1.54, 1.807) is 30.3 Å². The van der Waals surface area contributed by atoms with Gasteiger partial charge in [-0.1, -0.05) is 0 Å². The van der Waals surface area contributed by atoms with Crippen LogP contribution < -0.4 is 15.8 Å². The molecule has 130 valence electrons. The Morgan fingerprint density at radius 1 is 1.16 bits per heavy atom. The maximum absolute atomic E-state index is 12.3. The lowest BCUT2D eigenvalue weighted by Crippen LogP contribution is -2.51. The van der Waals surface area contributed by atoms with Crippen LogP contribution in [0, 0.1) is 0 Å². The third-order valence-electron chi connectivity index (χ3n) is 3.89. The number of benzene rings is 1. The Hall–Kier alpha value is -3.00. The minimum atomic E-state index is -0.497. The quantitative estimate of drug-likeness (QED) is 0.819. The number of carbonyl (C=O) groups is 2. The highest BCUT2D eigenvalue weighted by molar-refractivity contribution is 5.94. The summed E-state index contributed by atoms with van der Waals surface area (Å²) in [6.45, 7) is 0.900. The summed E-state index contributed by atoms with van der Waals surface area (Å²) >= 11 is 0. The average Bonchev–Trinajstić information content (AvgIpc) is 2.64. The Morgan fingerprint density at radius 3 is 2.64 bits per heavy atom. The molecule has 25 heavy (non-hydrogen) atoms. The van der Waals surface area contributed by atoms with Crippen molar-refractivity contribution >= 4 is 11.8 Å². The Balaban J connectivity index is 1.66. The molecule has 1 aromatic heterocycles. The number of amides is 2. The van der Waals surface area contributed by atoms with Crippen LogP contribution in [0.3, 0.4) is 0 Å². The van der Waals surface area contributed by atoms with Gasteiger partial charge in [0.1, 0.15) is 11.9 Å². The number of rotatable bonds is 5. The summed E-state index contributed by atoms with van der Waals surface area (Å²) in [5.41, 5.74) is 6.06. The maximum Gasteiger partial charge on any atom is 0.253 e. The number of nitrogens with one attached hydrogen (secondary N) is 1. The molecular formula is C17H18N4O4. The van der Waals surface area contributed by atoms with Crippen molar-refractivity contribution in [2.75, 3.05) is 13.2 Å². The second kappa shape index (κ2) is 7.71. The van der Waals surface area contributed by atoms with E-state index in [1.165, 1.54) is 12.4 Å². The van der Waals surface area contributed by atoms with Crippen LogP contribution in [0.25, 0.3) is 0 Å². The highest BCUT2D eigenvalue weighted by atomic mass is 16.5. The largest absolute Gasteiger partial charge is 0.486 e. The zero-order valence-electron chi connectivity index (χ0n) is 13.4. The zero-order chi connectivity index (χ0) is 17.6. The average molecular weight is 342 g/mol. The fourth-order valence-electron chi connectivity index (χ4n) is 2.54. The van der Waals surface area contributed by atoms with Gasteiger partial charge in [0.2, 0.25) is 5.91 Å². The smallest absolute Gasteiger partial charge is 0.253 e. The number of hydrogen-bond donors (Lipinski definition) is 2. The summed E-state index contributed by atoms with van der Waals surface area (Å²) in [6.07, 6.45) is 3.17. The first-order chi connectivity index (χ1) is 12.1. The van der Waals surface area contributed by atoms with Gasteiger partial charge in [-0.05, 0) is 36.8 Å². The first-order valence-corrected chi connectivity index (χ1v) is 7.85. The van der Waals surface area contributed by atoms with Crippen molar-refractivity contribution in [3.8, 4) is 5.75 Å². The predicted molar refractivity (Wildman–Crippen MR) is 88.1 cm³/mol. The minimum absolute atomic E-state index is 0.203. The van der Waals surface area contributed by atoms with Gasteiger partial charge in [0, 0.05) is 12.2 Å². The van der Waals surface area contributed by atoms with Crippen molar-refractivity contribution < 1.29 is 19.1 Å². The number of aromatic nitrogens is 2. The van der Waals surface area contributed by atoms with Gasteiger partial charge >= 0.3 is 0 Å². The van der Waals surface area contributed by atoms with Gasteiger partial charge in [-0.2, -0.15) is 10.2 Å². The fraction of sp³-hybridized carbons (Fsp3) is 0.294. The van der Waals surface area contributed by atoms with E-state index < -0.39 is 5.91 Å². The van der Waals surface area contributed by atoms with E-state index in [-0.39, 0.29) is 18.1 Å². The van der Waals surface area contributed by atoms with E-state index >= 15 is 0 Å². The Kier molecular flexibility index (Phi) is 5.20. The summed E-state index contributed by atoms with van der Waals surface area (Å²) in [5.74, 6) is -0.159. The number of hydrogen-bond acceptors (Lipinski definition) is 6. The van der Waals surface area contributed by atoms with Gasteiger partial charge in [-0.15, -0.1) is 0 Å². The molecule has 0 aliphatic carbocycles. The number of ether oxygens (including phenoxy) is 2. The molecule has 0 radical (unpaired) electrons. The third-order valence-corrected chi connectivity index (χ3v) is 3.89. The van der Waals surface area contributed by atoms with Gasteiger partial charge < -0.3 is 20.5 Å². The van der Waals surface area contributed by atoms with Crippen molar-refractivity contribution in [2.45, 2.75) is 18.6 Å². The van der Waals surface area contributed by atoms with Crippen LogP contribution in [0.15, 0.2) is 42.7 Å². The Morgan fingerprint density at radius 2 is 1.96 bits per heavy atom. The zero-order valence-corrected chi connectivity index (χ0v) is 13.4. The lowest BCUT2D eigenvalue weighted by molar-refractivity contribution is -0.0135. The lowest BCUT2D eigenvalue weighted by atomic mass is 10.1. The molecule has 2 amide bonds. The highest BCUT2D eigenvalue weighted by Crippen LogP contribution is 2.19. The van der Waals surface area contributed by atoms with E-state index in [4.69, 9.17) is 15.2 Å². The van der Waals surface area contributed by atoms with Crippen LogP contribution in [-0.2, 0) is 4.74 Å². The second-order valence-electron chi connectivity index (χ2n) is 5.62. The van der Waals surface area contributed by atoms with Gasteiger partial charge in [0.15, 0.2) is 0 Å². The molecule has 8 heteroatoms. The summed E-state index contributed by atoms with van der Waals surface area (Å²) in [6, 6.07) is 7.92. The van der Waals surface area contributed by atoms with E-state index in [0.717, 1.165) is 0 Å². The van der Waals surface area contributed by atoms with Gasteiger partial charge in [-0.25, -0.2) is 0 Å². The van der Waals surface area contributed by atoms with Gasteiger partial charge in [-0.3, -0.25) is 9.59 Å². The molecule has 2 atom stereocenters. The van der Waals surface area contributed by atoms with Crippen molar-refractivity contribution in [3.05, 3.63) is 53.9 Å². The van der Waals surface area contributed by atoms with E-state index in [9.17, 15) is 9.59 Å². The van der Waals surface area contributed by atoms with Crippen LogP contribution in [0.1, 0.15) is 27.1 Å². The molecule has 1 saturated heterocycles. The molecule has 1 fully saturated rings. The van der Waals surface area contributed by atoms with Crippen molar-refractivity contribution in [2.24, 2.45) is 5.73 Å². The normalized spacial score (nSPS) is 19.8. The first kappa shape index (κ1) is 16.8. The molecule has 2 aromatic rings. The number of nitrogens with two attached hydrogens (primary N) is 1. The van der Waals surface area contributed by atoms with Gasteiger partial charge in [0.05, 0.1) is 30.6 Å². The molecule has 0 saturated carbocycles. The molecule has 3 rings (SSSR count). The van der Waals surface area contributed by atoms with Crippen LogP contribution in [0.2, 0.25) is 0 Å². The molecule has 1 aliphatic heterocycles. The molecule has 3 N–H and O–H groups in total. The van der Waals surface area contributed by atoms with E-state index in [0.29, 0.717) is 36.5 Å². The van der Waals surface area contributed by atoms with E-state index in [1.807, 2.05) is 0 Å². The predicted octanol–water partition coefficient (Wildman–Crippen LogP) is 0.542. The molecule has 8 nitrogen and oxygen atoms in total. The van der Waals surface area contributed by atoms with Crippen molar-refractivity contribution in [3.63, 3.8) is 0 Å². The first-order valence-electron chi connectivity index (χ1n) is 7.85. The number of nitrogens with zero attached hydrogens (tertiary/aromatic N) is 2. The molecule has 2 heterocycles. The molecule has 0 unspecified atom stereocenters. The van der Waals surface area contributed by atoms with E-state index in [2.05, 4.69) is 15.5 Å². The van der Waals surface area contributed by atoms with Crippen LogP contribution >= 0.6 is 0 Å². The van der Waals surface area contributed by atoms with Crippen LogP contribution in [-0.4, -0.2) is 47.4 Å². The van der Waals surface area contributed by atoms with Crippen LogP contribution in [0.4, 0.5) is 0 Å². The highest BCUT2D eigenvalue weighted by Gasteiger charge is 2.29. The summed E-state index contributed by atoms with van der Waals surface area (Å²) < 4.78 is 11.4. The fourth-order valence-corrected chi connectivity index (χ4v) is 2.54.